The van der Waals surface area contributed by atoms with Crippen molar-refractivity contribution < 1.29 is 8.78 Å². The molecule has 0 aliphatic carbocycles. The van der Waals surface area contributed by atoms with E-state index in [2.05, 4.69) is 27.1 Å². The zero-order valence-electron chi connectivity index (χ0n) is 16.3. The van der Waals surface area contributed by atoms with Crippen LogP contribution in [0.15, 0.2) is 61.3 Å². The highest BCUT2D eigenvalue weighted by Crippen LogP contribution is 2.34. The average Bonchev–Trinajstić information content (AvgIpc) is 3.15. The lowest BCUT2D eigenvalue weighted by Gasteiger charge is -2.35. The molecule has 0 amide bonds. The zero-order chi connectivity index (χ0) is 20.7. The molecule has 0 spiro atoms. The molecule has 0 radical (unpaired) electrons. The van der Waals surface area contributed by atoms with E-state index in [1.54, 1.807) is 6.20 Å². The summed E-state index contributed by atoms with van der Waals surface area (Å²) in [6, 6.07) is 15.8. The molecule has 5 nitrogen and oxygen atoms in total. The van der Waals surface area contributed by atoms with Crippen LogP contribution in [0.25, 0.3) is 27.5 Å². The summed E-state index contributed by atoms with van der Waals surface area (Å²) < 4.78 is 27.0. The lowest BCUT2D eigenvalue weighted by molar-refractivity contribution is -0.0449. The first-order chi connectivity index (χ1) is 14.5. The summed E-state index contributed by atoms with van der Waals surface area (Å²) in [6.45, 7) is 4.85. The van der Waals surface area contributed by atoms with Crippen LogP contribution in [-0.4, -0.2) is 39.1 Å². The zero-order valence-corrected chi connectivity index (χ0v) is 16.3. The van der Waals surface area contributed by atoms with Gasteiger partial charge in [-0.25, -0.2) is 8.78 Å². The second kappa shape index (κ2) is 7.09. The number of halogens is 2. The van der Waals surface area contributed by atoms with Crippen molar-refractivity contribution in [3.63, 3.8) is 0 Å². The van der Waals surface area contributed by atoms with Gasteiger partial charge in [0.1, 0.15) is 5.52 Å². The average molecular weight is 405 g/mol. The Labute approximate surface area is 172 Å². The van der Waals surface area contributed by atoms with Gasteiger partial charge in [0.15, 0.2) is 5.82 Å². The van der Waals surface area contributed by atoms with Gasteiger partial charge in [0, 0.05) is 49.1 Å². The number of anilines is 2. The molecule has 2 aromatic heterocycles. The van der Waals surface area contributed by atoms with Crippen molar-refractivity contribution in [1.29, 1.82) is 0 Å². The topological polar surface area (TPSA) is 56.8 Å². The van der Waals surface area contributed by atoms with Crippen LogP contribution in [0.4, 0.5) is 20.3 Å². The Morgan fingerprint density at radius 2 is 1.93 bits per heavy atom. The molecule has 1 aliphatic heterocycles. The molecule has 1 fully saturated rings. The second-order valence-corrected chi connectivity index (χ2v) is 7.63. The van der Waals surface area contributed by atoms with E-state index in [1.165, 1.54) is 0 Å². The first-order valence-electron chi connectivity index (χ1n) is 9.91. The largest absolute Gasteiger partial charge is 0.371 e. The standard InChI is InChI=1S/C23H21F2N5/c1-15(30-12-9-23(24,25)10-13-30)18-5-2-4-16-14-17(7-8-19(16)18)27-22-21-20(28-29-22)6-3-11-26-21/h2-8,11,14H,1,9-10,12-13H2,(H2,27,28,29). The molecular weight excluding hydrogens is 384 g/mol. The van der Waals surface area contributed by atoms with Crippen molar-refractivity contribution in [2.24, 2.45) is 0 Å². The number of hydrogen-bond donors (Lipinski definition) is 2. The monoisotopic (exact) mass is 405 g/mol. The van der Waals surface area contributed by atoms with Crippen LogP contribution in [0.1, 0.15) is 18.4 Å². The third-order valence-electron chi connectivity index (χ3n) is 5.65. The molecule has 1 aliphatic rings. The van der Waals surface area contributed by atoms with E-state index in [4.69, 9.17) is 0 Å². The molecule has 3 heterocycles. The van der Waals surface area contributed by atoms with Gasteiger partial charge in [0.05, 0.1) is 5.52 Å². The number of aromatic nitrogens is 3. The number of piperidine rings is 1. The van der Waals surface area contributed by atoms with Gasteiger partial charge in [-0.1, -0.05) is 30.8 Å². The summed E-state index contributed by atoms with van der Waals surface area (Å²) in [5.74, 6) is -1.90. The Hall–Kier alpha value is -3.48. The fourth-order valence-corrected chi connectivity index (χ4v) is 3.96. The molecule has 7 heteroatoms. The summed E-state index contributed by atoms with van der Waals surface area (Å²) in [4.78, 5) is 6.33. The van der Waals surface area contributed by atoms with Crippen molar-refractivity contribution in [2.45, 2.75) is 18.8 Å². The Bertz CT molecular complexity index is 1240. The number of H-pyrrole nitrogens is 1. The molecule has 30 heavy (non-hydrogen) atoms. The Morgan fingerprint density at radius 3 is 2.77 bits per heavy atom. The summed E-state index contributed by atoms with van der Waals surface area (Å²) >= 11 is 0. The minimum atomic E-state index is -2.57. The molecule has 0 bridgehead atoms. The number of alkyl halides is 2. The number of likely N-dealkylation sites (tertiary alicyclic amines) is 1. The number of pyridine rings is 1. The van der Waals surface area contributed by atoms with Crippen molar-refractivity contribution in [1.82, 2.24) is 20.1 Å². The van der Waals surface area contributed by atoms with Crippen LogP contribution in [0.5, 0.6) is 0 Å². The molecule has 152 valence electrons. The molecule has 1 saturated heterocycles. The van der Waals surface area contributed by atoms with Gasteiger partial charge in [-0.05, 0) is 35.0 Å². The van der Waals surface area contributed by atoms with Crippen molar-refractivity contribution in [2.75, 3.05) is 18.4 Å². The maximum absolute atomic E-state index is 13.5. The van der Waals surface area contributed by atoms with Gasteiger partial charge in [-0.3, -0.25) is 10.1 Å². The van der Waals surface area contributed by atoms with Gasteiger partial charge in [-0.15, -0.1) is 0 Å². The number of rotatable bonds is 4. The third kappa shape index (κ3) is 3.36. The first kappa shape index (κ1) is 18.5. The second-order valence-electron chi connectivity index (χ2n) is 7.63. The van der Waals surface area contributed by atoms with E-state index >= 15 is 0 Å². The van der Waals surface area contributed by atoms with E-state index in [0.717, 1.165) is 38.8 Å². The van der Waals surface area contributed by atoms with Crippen LogP contribution in [0, 0.1) is 0 Å². The summed E-state index contributed by atoms with van der Waals surface area (Å²) in [6.07, 6.45) is 1.48. The maximum Gasteiger partial charge on any atom is 0.251 e. The number of benzene rings is 2. The fourth-order valence-electron chi connectivity index (χ4n) is 3.96. The third-order valence-corrected chi connectivity index (χ3v) is 5.65. The molecule has 4 aromatic rings. The van der Waals surface area contributed by atoms with Crippen molar-refractivity contribution in [3.05, 3.63) is 66.9 Å². The van der Waals surface area contributed by atoms with Gasteiger partial charge in [-0.2, -0.15) is 5.10 Å². The SMILES string of the molecule is C=C(c1cccc2cc(Nc3n[nH]c4cccnc34)ccc12)N1CCC(F)(F)CC1. The number of aromatic amines is 1. The highest BCUT2D eigenvalue weighted by molar-refractivity contribution is 5.96. The summed E-state index contributed by atoms with van der Waals surface area (Å²) in [7, 11) is 0. The minimum absolute atomic E-state index is 0.128. The van der Waals surface area contributed by atoms with Crippen molar-refractivity contribution in [3.8, 4) is 0 Å². The lowest BCUT2D eigenvalue weighted by atomic mass is 9.99. The Balaban J connectivity index is 1.43. The lowest BCUT2D eigenvalue weighted by Crippen LogP contribution is -2.38. The van der Waals surface area contributed by atoms with Crippen molar-refractivity contribution >= 4 is 39.0 Å². The smallest absolute Gasteiger partial charge is 0.251 e. The molecular formula is C23H21F2N5. The quantitative estimate of drug-likeness (QED) is 0.467. The van der Waals surface area contributed by atoms with E-state index in [1.807, 2.05) is 53.4 Å². The van der Waals surface area contributed by atoms with E-state index in [-0.39, 0.29) is 12.8 Å². The predicted molar refractivity (Wildman–Crippen MR) is 116 cm³/mol. The molecule has 0 unspecified atom stereocenters. The molecule has 0 saturated carbocycles. The van der Waals surface area contributed by atoms with Crippen LogP contribution in [0.2, 0.25) is 0 Å². The summed E-state index contributed by atoms with van der Waals surface area (Å²) in [5.41, 5.74) is 4.30. The fraction of sp³-hybridized carbons (Fsp3) is 0.217. The van der Waals surface area contributed by atoms with Crippen LogP contribution in [0.3, 0.4) is 0 Å². The number of nitrogens with zero attached hydrogens (tertiary/aromatic N) is 3. The molecule has 0 atom stereocenters. The van der Waals surface area contributed by atoms with Crippen LogP contribution < -0.4 is 5.32 Å². The van der Waals surface area contributed by atoms with Gasteiger partial charge in [0.2, 0.25) is 0 Å². The molecule has 2 N–H and O–H groups in total. The number of nitrogens with one attached hydrogen (secondary N) is 2. The number of hydrogen-bond acceptors (Lipinski definition) is 4. The van der Waals surface area contributed by atoms with E-state index in [0.29, 0.717) is 18.9 Å². The summed E-state index contributed by atoms with van der Waals surface area (Å²) in [5, 5.41) is 12.7. The van der Waals surface area contributed by atoms with Crippen LogP contribution >= 0.6 is 0 Å². The predicted octanol–water partition coefficient (Wildman–Crippen LogP) is 5.56. The molecule has 5 rings (SSSR count). The number of fused-ring (bicyclic) bond motifs is 2. The van der Waals surface area contributed by atoms with E-state index in [9.17, 15) is 8.78 Å². The van der Waals surface area contributed by atoms with Gasteiger partial charge < -0.3 is 10.2 Å². The van der Waals surface area contributed by atoms with Crippen LogP contribution in [-0.2, 0) is 0 Å². The first-order valence-corrected chi connectivity index (χ1v) is 9.91. The maximum atomic E-state index is 13.5. The normalized spacial score (nSPS) is 16.1. The minimum Gasteiger partial charge on any atom is -0.371 e. The molecule has 2 aromatic carbocycles. The Kier molecular flexibility index (Phi) is 4.38. The van der Waals surface area contributed by atoms with E-state index < -0.39 is 5.92 Å². The highest BCUT2D eigenvalue weighted by Gasteiger charge is 2.34. The highest BCUT2D eigenvalue weighted by atomic mass is 19.3. The van der Waals surface area contributed by atoms with Gasteiger partial charge in [0.25, 0.3) is 5.92 Å². The van der Waals surface area contributed by atoms with Gasteiger partial charge >= 0.3 is 0 Å². The Morgan fingerprint density at radius 1 is 1.10 bits per heavy atom.